The zero-order chi connectivity index (χ0) is 15.4. The van der Waals surface area contributed by atoms with Crippen molar-refractivity contribution in [3.05, 3.63) is 64.7 Å². The molecule has 0 spiro atoms. The van der Waals surface area contributed by atoms with E-state index in [1.807, 2.05) is 0 Å². The fraction of sp³-hybridized carbons (Fsp3) is 0.133. The molecule has 2 aromatic rings. The molecule has 0 saturated heterocycles. The van der Waals surface area contributed by atoms with Crippen LogP contribution in [0.1, 0.15) is 32.0 Å². The van der Waals surface area contributed by atoms with Crippen LogP contribution in [0.2, 0.25) is 0 Å². The van der Waals surface area contributed by atoms with Crippen LogP contribution in [0.15, 0.2) is 36.5 Å². The van der Waals surface area contributed by atoms with Crippen molar-refractivity contribution >= 4 is 11.9 Å². The Kier molecular flexibility index (Phi) is 4.27. The molecule has 0 radical (unpaired) electrons. The van der Waals surface area contributed by atoms with Gasteiger partial charge in [0.25, 0.3) is 5.91 Å². The van der Waals surface area contributed by atoms with Gasteiger partial charge in [0.2, 0.25) is 0 Å². The van der Waals surface area contributed by atoms with Gasteiger partial charge < -0.3 is 10.4 Å². The summed E-state index contributed by atoms with van der Waals surface area (Å²) in [6.07, 6.45) is 1.38. The maximum atomic E-state index is 13.2. The number of nitrogens with zero attached hydrogens (tertiary/aromatic N) is 1. The summed E-state index contributed by atoms with van der Waals surface area (Å²) >= 11 is 0. The molecule has 0 unspecified atom stereocenters. The zero-order valence-electron chi connectivity index (χ0n) is 11.3. The highest BCUT2D eigenvalue weighted by molar-refractivity contribution is 5.94. The fourth-order valence-corrected chi connectivity index (χ4v) is 1.81. The number of benzene rings is 1. The molecule has 0 atom stereocenters. The van der Waals surface area contributed by atoms with Gasteiger partial charge in [0, 0.05) is 18.3 Å². The molecular weight excluding hydrogens is 275 g/mol. The van der Waals surface area contributed by atoms with Crippen molar-refractivity contribution < 1.29 is 19.1 Å². The second kappa shape index (κ2) is 6.13. The molecule has 6 heteroatoms. The van der Waals surface area contributed by atoms with E-state index in [0.29, 0.717) is 11.1 Å². The zero-order valence-corrected chi connectivity index (χ0v) is 11.3. The second-order valence-electron chi connectivity index (χ2n) is 4.56. The number of carboxylic acid groups (broad SMARTS) is 1. The predicted octanol–water partition coefficient (Wildman–Crippen LogP) is 2.16. The van der Waals surface area contributed by atoms with Crippen LogP contribution in [0.25, 0.3) is 0 Å². The van der Waals surface area contributed by atoms with E-state index >= 15 is 0 Å². The lowest BCUT2D eigenvalue weighted by atomic mass is 10.1. The number of aromatic nitrogens is 1. The van der Waals surface area contributed by atoms with Crippen LogP contribution < -0.4 is 5.32 Å². The number of rotatable bonds is 4. The summed E-state index contributed by atoms with van der Waals surface area (Å²) in [6, 6.07) is 7.01. The summed E-state index contributed by atoms with van der Waals surface area (Å²) in [6.45, 7) is 1.88. The molecule has 2 rings (SSSR count). The summed E-state index contributed by atoms with van der Waals surface area (Å²) in [7, 11) is 0. The molecule has 108 valence electrons. The average molecular weight is 288 g/mol. The van der Waals surface area contributed by atoms with Crippen LogP contribution in [0.5, 0.6) is 0 Å². The monoisotopic (exact) mass is 288 g/mol. The van der Waals surface area contributed by atoms with Crippen molar-refractivity contribution in [2.75, 3.05) is 0 Å². The van der Waals surface area contributed by atoms with Crippen molar-refractivity contribution in [1.29, 1.82) is 0 Å². The Balaban J connectivity index is 2.02. The van der Waals surface area contributed by atoms with Crippen molar-refractivity contribution in [1.82, 2.24) is 10.3 Å². The molecule has 1 aromatic carbocycles. The van der Waals surface area contributed by atoms with Crippen molar-refractivity contribution in [2.45, 2.75) is 13.5 Å². The third kappa shape index (κ3) is 3.85. The van der Waals surface area contributed by atoms with E-state index < -0.39 is 17.7 Å². The van der Waals surface area contributed by atoms with Crippen LogP contribution in [-0.4, -0.2) is 22.0 Å². The number of aromatic carboxylic acids is 1. The molecule has 1 aromatic heterocycles. The fourth-order valence-electron chi connectivity index (χ4n) is 1.81. The number of amides is 1. The van der Waals surface area contributed by atoms with Gasteiger partial charge in [-0.3, -0.25) is 4.79 Å². The van der Waals surface area contributed by atoms with Crippen LogP contribution in [0.4, 0.5) is 4.39 Å². The van der Waals surface area contributed by atoms with E-state index in [9.17, 15) is 14.0 Å². The largest absolute Gasteiger partial charge is 0.477 e. The maximum Gasteiger partial charge on any atom is 0.354 e. The molecule has 1 amide bonds. The van der Waals surface area contributed by atoms with E-state index in [1.54, 1.807) is 19.1 Å². The van der Waals surface area contributed by atoms with Gasteiger partial charge in [-0.2, -0.15) is 0 Å². The number of carbonyl (C=O) groups is 2. The quantitative estimate of drug-likeness (QED) is 0.903. The Morgan fingerprint density at radius 2 is 2.05 bits per heavy atom. The molecule has 0 aliphatic rings. The van der Waals surface area contributed by atoms with Crippen molar-refractivity contribution in [2.24, 2.45) is 0 Å². The van der Waals surface area contributed by atoms with E-state index in [1.165, 1.54) is 18.3 Å². The Hall–Kier alpha value is -2.76. The first-order chi connectivity index (χ1) is 9.95. The summed E-state index contributed by atoms with van der Waals surface area (Å²) in [4.78, 5) is 26.3. The van der Waals surface area contributed by atoms with Gasteiger partial charge in [0.15, 0.2) is 0 Å². The Morgan fingerprint density at radius 3 is 2.62 bits per heavy atom. The van der Waals surface area contributed by atoms with Gasteiger partial charge in [0.05, 0.1) is 0 Å². The lowest BCUT2D eigenvalue weighted by Gasteiger charge is -2.06. The van der Waals surface area contributed by atoms with Gasteiger partial charge >= 0.3 is 5.97 Å². The number of halogens is 1. The highest BCUT2D eigenvalue weighted by Gasteiger charge is 2.08. The van der Waals surface area contributed by atoms with Gasteiger partial charge in [-0.25, -0.2) is 14.2 Å². The highest BCUT2D eigenvalue weighted by atomic mass is 19.1. The lowest BCUT2D eigenvalue weighted by Crippen LogP contribution is -2.23. The molecule has 1 heterocycles. The van der Waals surface area contributed by atoms with Crippen molar-refractivity contribution in [3.8, 4) is 0 Å². The van der Waals surface area contributed by atoms with Crippen LogP contribution in [-0.2, 0) is 6.54 Å². The second-order valence-corrected chi connectivity index (χ2v) is 4.56. The first-order valence-electron chi connectivity index (χ1n) is 6.19. The van der Waals surface area contributed by atoms with Crippen LogP contribution in [0.3, 0.4) is 0 Å². The minimum absolute atomic E-state index is 0.0640. The summed E-state index contributed by atoms with van der Waals surface area (Å²) in [5.74, 6) is -1.98. The molecule has 0 aliphatic heterocycles. The van der Waals surface area contributed by atoms with E-state index in [4.69, 9.17) is 5.11 Å². The van der Waals surface area contributed by atoms with Crippen LogP contribution in [0, 0.1) is 12.7 Å². The standard InChI is InChI=1S/C15H13FN2O3/c1-9-4-11(6-12(16)5-9)14(19)18-8-10-2-3-13(15(20)21)17-7-10/h2-7H,8H2,1H3,(H,18,19)(H,20,21). The molecule has 21 heavy (non-hydrogen) atoms. The Morgan fingerprint density at radius 1 is 1.29 bits per heavy atom. The number of carbonyl (C=O) groups excluding carboxylic acids is 1. The number of pyridine rings is 1. The average Bonchev–Trinajstić information content (AvgIpc) is 2.44. The van der Waals surface area contributed by atoms with E-state index in [2.05, 4.69) is 10.3 Å². The number of hydrogen-bond donors (Lipinski definition) is 2. The first kappa shape index (κ1) is 14.6. The highest BCUT2D eigenvalue weighted by Crippen LogP contribution is 2.08. The van der Waals surface area contributed by atoms with Gasteiger partial charge in [-0.15, -0.1) is 0 Å². The van der Waals surface area contributed by atoms with Crippen molar-refractivity contribution in [3.63, 3.8) is 0 Å². The summed E-state index contributed by atoms with van der Waals surface area (Å²) in [5.41, 5.74) is 1.49. The molecule has 0 aliphatic carbocycles. The maximum absolute atomic E-state index is 13.2. The molecule has 5 nitrogen and oxygen atoms in total. The van der Waals surface area contributed by atoms with Gasteiger partial charge in [0.1, 0.15) is 11.5 Å². The first-order valence-corrected chi connectivity index (χ1v) is 6.19. The molecular formula is C15H13FN2O3. The lowest BCUT2D eigenvalue weighted by molar-refractivity contribution is 0.0690. The minimum atomic E-state index is -1.11. The molecule has 0 bridgehead atoms. The van der Waals surface area contributed by atoms with Gasteiger partial charge in [-0.05, 0) is 42.3 Å². The topological polar surface area (TPSA) is 79.3 Å². The Bertz CT molecular complexity index is 664. The predicted molar refractivity (Wildman–Crippen MR) is 73.5 cm³/mol. The molecule has 0 fully saturated rings. The summed E-state index contributed by atoms with van der Waals surface area (Å²) < 4.78 is 13.2. The van der Waals surface area contributed by atoms with Gasteiger partial charge in [-0.1, -0.05) is 6.07 Å². The number of carboxylic acids is 1. The minimum Gasteiger partial charge on any atom is -0.477 e. The number of nitrogens with one attached hydrogen (secondary N) is 1. The third-order valence-corrected chi connectivity index (χ3v) is 2.80. The Labute approximate surface area is 120 Å². The summed E-state index contributed by atoms with van der Waals surface area (Å²) in [5, 5.41) is 11.4. The van der Waals surface area contributed by atoms with E-state index in [0.717, 1.165) is 6.07 Å². The van der Waals surface area contributed by atoms with E-state index in [-0.39, 0.29) is 17.8 Å². The SMILES string of the molecule is Cc1cc(F)cc(C(=O)NCc2ccc(C(=O)O)nc2)c1. The molecule has 0 saturated carbocycles. The smallest absolute Gasteiger partial charge is 0.354 e. The number of hydrogen-bond acceptors (Lipinski definition) is 3. The normalized spacial score (nSPS) is 10.2. The third-order valence-electron chi connectivity index (χ3n) is 2.80. The molecule has 2 N–H and O–H groups in total. The van der Waals surface area contributed by atoms with Crippen LogP contribution >= 0.6 is 0 Å². The number of aryl methyl sites for hydroxylation is 1.